The van der Waals surface area contributed by atoms with Crippen LogP contribution in [-0.2, 0) is 24.3 Å². The number of ether oxygens (including phenoxy) is 1. The van der Waals surface area contributed by atoms with Crippen molar-refractivity contribution in [1.29, 1.82) is 0 Å². The Morgan fingerprint density at radius 2 is 1.90 bits per heavy atom. The van der Waals surface area contributed by atoms with E-state index in [9.17, 15) is 9.90 Å². The number of hydrogen-bond acceptors (Lipinski definition) is 6. The molecule has 3 atom stereocenters. The maximum atomic E-state index is 13.3. The van der Waals surface area contributed by atoms with Crippen molar-refractivity contribution in [1.82, 2.24) is 15.2 Å². The lowest BCUT2D eigenvalue weighted by Crippen LogP contribution is -2.41. The highest BCUT2D eigenvalue weighted by Gasteiger charge is 2.30. The monoisotopic (exact) mass is 528 g/mol. The lowest BCUT2D eigenvalue weighted by Gasteiger charge is -2.22. The molecule has 1 aromatic heterocycles. The molecule has 2 fully saturated rings. The predicted octanol–water partition coefficient (Wildman–Crippen LogP) is 4.64. The third-order valence-corrected chi connectivity index (χ3v) is 8.13. The number of benzene rings is 2. The summed E-state index contributed by atoms with van der Waals surface area (Å²) in [6.45, 7) is 7.31. The topological polar surface area (TPSA) is 101 Å². The Labute approximate surface area is 231 Å². The Kier molecular flexibility index (Phi) is 8.60. The quantitative estimate of drug-likeness (QED) is 0.374. The van der Waals surface area contributed by atoms with Crippen LogP contribution < -0.4 is 11.1 Å². The summed E-state index contributed by atoms with van der Waals surface area (Å²) in [7, 11) is 0. The molecule has 1 aliphatic carbocycles. The average molecular weight is 529 g/mol. The second-order valence-corrected chi connectivity index (χ2v) is 11.0. The van der Waals surface area contributed by atoms with Crippen molar-refractivity contribution < 1.29 is 14.6 Å². The van der Waals surface area contributed by atoms with E-state index in [1.807, 2.05) is 18.2 Å². The minimum Gasteiger partial charge on any atom is -0.392 e. The van der Waals surface area contributed by atoms with Crippen LogP contribution in [0.4, 0.5) is 5.82 Å². The molecule has 2 heterocycles. The number of anilines is 1. The minimum atomic E-state index is -0.219. The van der Waals surface area contributed by atoms with Gasteiger partial charge in [0.25, 0.3) is 5.91 Å². The Balaban J connectivity index is 1.21. The first-order valence-corrected chi connectivity index (χ1v) is 14.2. The van der Waals surface area contributed by atoms with Crippen molar-refractivity contribution in [3.63, 3.8) is 0 Å². The SMILES string of the molecule is CCc1cc(CO[C@H]2CCC[C@@H]2NC(=O)c2cc(-c3ccc(CN4CCC(O)C4)cc3)cnc2N)ccc1C. The number of amides is 1. The van der Waals surface area contributed by atoms with Gasteiger partial charge in [0.1, 0.15) is 5.82 Å². The molecular weight excluding hydrogens is 488 g/mol. The molecular formula is C32H40N4O3. The maximum Gasteiger partial charge on any atom is 0.255 e. The van der Waals surface area contributed by atoms with Gasteiger partial charge in [0, 0.05) is 31.4 Å². The summed E-state index contributed by atoms with van der Waals surface area (Å²) in [6.07, 6.45) is 6.13. The van der Waals surface area contributed by atoms with Crippen LogP contribution >= 0.6 is 0 Å². The number of nitrogens with two attached hydrogens (primary N) is 1. The van der Waals surface area contributed by atoms with Crippen LogP contribution in [0, 0.1) is 6.92 Å². The third-order valence-electron chi connectivity index (χ3n) is 8.13. The van der Waals surface area contributed by atoms with Crippen molar-refractivity contribution in [3.05, 3.63) is 82.5 Å². The second-order valence-electron chi connectivity index (χ2n) is 11.0. The van der Waals surface area contributed by atoms with Crippen molar-refractivity contribution in [3.8, 4) is 11.1 Å². The van der Waals surface area contributed by atoms with Gasteiger partial charge < -0.3 is 20.9 Å². The number of carbonyl (C=O) groups is 1. The second kappa shape index (κ2) is 12.3. The van der Waals surface area contributed by atoms with Gasteiger partial charge in [-0.15, -0.1) is 0 Å². The van der Waals surface area contributed by atoms with E-state index in [4.69, 9.17) is 10.5 Å². The van der Waals surface area contributed by atoms with E-state index < -0.39 is 0 Å². The van der Waals surface area contributed by atoms with Crippen LogP contribution in [0.3, 0.4) is 0 Å². The zero-order valence-corrected chi connectivity index (χ0v) is 23.0. The molecule has 2 aromatic carbocycles. The molecule has 1 saturated heterocycles. The predicted molar refractivity (Wildman–Crippen MR) is 154 cm³/mol. The number of aryl methyl sites for hydroxylation is 2. The number of aliphatic hydroxyl groups excluding tert-OH is 1. The van der Waals surface area contributed by atoms with Crippen molar-refractivity contribution >= 4 is 11.7 Å². The van der Waals surface area contributed by atoms with E-state index in [0.29, 0.717) is 12.2 Å². The Bertz CT molecular complexity index is 1290. The highest BCUT2D eigenvalue weighted by Crippen LogP contribution is 2.27. The number of rotatable bonds is 9. The number of hydrogen-bond donors (Lipinski definition) is 3. The summed E-state index contributed by atoms with van der Waals surface area (Å²) < 4.78 is 6.29. The minimum absolute atomic E-state index is 0.0260. The Hall–Kier alpha value is -3.26. The number of nitrogens with zero attached hydrogens (tertiary/aromatic N) is 2. The molecule has 3 aromatic rings. The lowest BCUT2D eigenvalue weighted by molar-refractivity contribution is 0.0272. The van der Waals surface area contributed by atoms with E-state index in [2.05, 4.69) is 59.4 Å². The number of pyridine rings is 1. The number of aromatic nitrogens is 1. The molecule has 0 radical (unpaired) electrons. The molecule has 1 aliphatic heterocycles. The van der Waals surface area contributed by atoms with E-state index >= 15 is 0 Å². The van der Waals surface area contributed by atoms with Gasteiger partial charge in [-0.25, -0.2) is 4.98 Å². The van der Waals surface area contributed by atoms with Crippen LogP contribution in [0.5, 0.6) is 0 Å². The van der Waals surface area contributed by atoms with Gasteiger partial charge in [0.2, 0.25) is 0 Å². The molecule has 0 spiro atoms. The molecule has 7 nitrogen and oxygen atoms in total. The van der Waals surface area contributed by atoms with Crippen LogP contribution in [0.1, 0.15) is 65.2 Å². The molecule has 1 saturated carbocycles. The summed E-state index contributed by atoms with van der Waals surface area (Å²) in [5.41, 5.74) is 13.4. The standard InChI is InChI=1S/C32H40N4O3/c1-3-24-15-23(8-7-21(24)2)20-39-30-6-4-5-29(30)35-32(38)28-16-26(17-34-31(28)33)25-11-9-22(10-12-25)18-36-14-13-27(37)19-36/h7-12,15-17,27,29-30,37H,3-6,13-14,18-20H2,1-2H3,(H2,33,34)(H,35,38)/t27?,29-,30-/m0/s1. The largest absolute Gasteiger partial charge is 0.392 e. The van der Waals surface area contributed by atoms with Crippen molar-refractivity contribution in [2.75, 3.05) is 18.8 Å². The molecule has 206 valence electrons. The fourth-order valence-corrected chi connectivity index (χ4v) is 5.77. The first kappa shape index (κ1) is 27.3. The third kappa shape index (κ3) is 6.67. The first-order valence-electron chi connectivity index (χ1n) is 14.2. The highest BCUT2D eigenvalue weighted by molar-refractivity contribution is 5.99. The van der Waals surface area contributed by atoms with Gasteiger partial charge in [-0.3, -0.25) is 9.69 Å². The van der Waals surface area contributed by atoms with Crippen molar-refractivity contribution in [2.24, 2.45) is 0 Å². The fourth-order valence-electron chi connectivity index (χ4n) is 5.77. The Morgan fingerprint density at radius 1 is 1.10 bits per heavy atom. The molecule has 5 rings (SSSR count). The molecule has 0 bridgehead atoms. The molecule has 2 aliphatic rings. The number of nitrogens with one attached hydrogen (secondary N) is 1. The van der Waals surface area contributed by atoms with Crippen LogP contribution in [0.2, 0.25) is 0 Å². The summed E-state index contributed by atoms with van der Waals surface area (Å²) in [4.78, 5) is 19.9. The number of nitrogen functional groups attached to an aromatic ring is 1. The highest BCUT2D eigenvalue weighted by atomic mass is 16.5. The number of β-amino-alcohol motifs (C(OH)–C–C–N with tert-alkyl or cyclic N) is 1. The number of carbonyl (C=O) groups excluding carboxylic acids is 1. The van der Waals surface area contributed by atoms with E-state index in [1.54, 1.807) is 6.20 Å². The summed E-state index contributed by atoms with van der Waals surface area (Å²) in [6, 6.07) is 16.5. The maximum absolute atomic E-state index is 13.3. The van der Waals surface area contributed by atoms with Gasteiger partial charge in [-0.1, -0.05) is 49.4 Å². The smallest absolute Gasteiger partial charge is 0.255 e. The van der Waals surface area contributed by atoms with Gasteiger partial charge in [0.15, 0.2) is 0 Å². The normalized spacial score (nSPS) is 21.4. The number of likely N-dealkylation sites (tertiary alicyclic amines) is 1. The molecule has 7 heteroatoms. The number of aliphatic hydroxyl groups is 1. The van der Waals surface area contributed by atoms with Gasteiger partial charge in [0.05, 0.1) is 30.4 Å². The molecule has 4 N–H and O–H groups in total. The van der Waals surface area contributed by atoms with Crippen LogP contribution in [0.25, 0.3) is 11.1 Å². The van der Waals surface area contributed by atoms with Gasteiger partial charge >= 0.3 is 0 Å². The zero-order chi connectivity index (χ0) is 27.4. The lowest BCUT2D eigenvalue weighted by atomic mass is 10.0. The molecule has 39 heavy (non-hydrogen) atoms. The summed E-state index contributed by atoms with van der Waals surface area (Å²) in [5.74, 6) is 0.0119. The zero-order valence-electron chi connectivity index (χ0n) is 23.0. The average Bonchev–Trinajstić information content (AvgIpc) is 3.56. The molecule has 1 unspecified atom stereocenters. The summed E-state index contributed by atoms with van der Waals surface area (Å²) >= 11 is 0. The van der Waals surface area contributed by atoms with E-state index in [0.717, 1.165) is 62.9 Å². The van der Waals surface area contributed by atoms with Crippen LogP contribution in [-0.4, -0.2) is 52.2 Å². The van der Waals surface area contributed by atoms with E-state index in [-0.39, 0.29) is 30.0 Å². The van der Waals surface area contributed by atoms with E-state index in [1.165, 1.54) is 22.3 Å². The van der Waals surface area contributed by atoms with Crippen molar-refractivity contribution in [2.45, 2.75) is 77.4 Å². The van der Waals surface area contributed by atoms with Gasteiger partial charge in [-0.2, -0.15) is 0 Å². The molecule has 1 amide bonds. The first-order chi connectivity index (χ1) is 18.9. The Morgan fingerprint density at radius 3 is 2.64 bits per heavy atom. The fraction of sp³-hybridized carbons (Fsp3) is 0.438. The van der Waals surface area contributed by atoms with Gasteiger partial charge in [-0.05, 0) is 72.9 Å². The summed E-state index contributed by atoms with van der Waals surface area (Å²) in [5, 5.41) is 12.9. The van der Waals surface area contributed by atoms with Crippen LogP contribution in [0.15, 0.2) is 54.7 Å².